The summed E-state index contributed by atoms with van der Waals surface area (Å²) in [5.41, 5.74) is -0.918. The summed E-state index contributed by atoms with van der Waals surface area (Å²) in [5, 5.41) is 11.8. The Morgan fingerprint density at radius 1 is 0.842 bits per heavy atom. The van der Waals surface area contributed by atoms with Gasteiger partial charge in [0.25, 0.3) is 0 Å². The van der Waals surface area contributed by atoms with Gasteiger partial charge in [-0.25, -0.2) is 4.39 Å². The highest BCUT2D eigenvalue weighted by Crippen LogP contribution is 2.35. The molecule has 0 bridgehead atoms. The second-order valence-corrected chi connectivity index (χ2v) is 8.31. The van der Waals surface area contributed by atoms with E-state index >= 15 is 0 Å². The molecule has 0 radical (unpaired) electrons. The molecule has 3 aromatic carbocycles. The minimum atomic E-state index is -4.99. The predicted molar refractivity (Wildman–Crippen MR) is 124 cm³/mol. The maximum absolute atomic E-state index is 14.7. The second-order valence-electron chi connectivity index (χ2n) is 8.31. The predicted octanol–water partition coefficient (Wildman–Crippen LogP) is 7.50. The summed E-state index contributed by atoms with van der Waals surface area (Å²) in [6.45, 7) is -1.10. The van der Waals surface area contributed by atoms with Crippen LogP contribution in [-0.2, 0) is 6.18 Å². The van der Waals surface area contributed by atoms with E-state index in [4.69, 9.17) is 9.15 Å². The van der Waals surface area contributed by atoms with Crippen LogP contribution in [0, 0.1) is 5.82 Å². The smallest absolute Gasteiger partial charge is 0.416 e. The van der Waals surface area contributed by atoms with Crippen molar-refractivity contribution in [3.63, 3.8) is 0 Å². The van der Waals surface area contributed by atoms with Crippen LogP contribution in [0.5, 0.6) is 11.5 Å². The molecule has 0 saturated heterocycles. The lowest BCUT2D eigenvalue weighted by Crippen LogP contribution is -2.40. The van der Waals surface area contributed by atoms with E-state index in [0.717, 1.165) is 0 Å². The first-order valence-electron chi connectivity index (χ1n) is 11.2. The molecule has 38 heavy (non-hydrogen) atoms. The molecule has 0 saturated carbocycles. The van der Waals surface area contributed by atoms with Gasteiger partial charge in [-0.15, -0.1) is 0 Å². The molecule has 2 N–H and O–H groups in total. The third-order valence-corrected chi connectivity index (χ3v) is 5.59. The van der Waals surface area contributed by atoms with Gasteiger partial charge in [0.2, 0.25) is 0 Å². The Morgan fingerprint density at radius 2 is 1.55 bits per heavy atom. The molecule has 2 atom stereocenters. The number of aliphatic hydroxyl groups is 1. The Hall–Kier alpha value is -3.83. The van der Waals surface area contributed by atoms with Gasteiger partial charge in [0.1, 0.15) is 23.1 Å². The number of halogens is 7. The van der Waals surface area contributed by atoms with Gasteiger partial charge < -0.3 is 19.6 Å². The number of rotatable bonds is 8. The van der Waals surface area contributed by atoms with E-state index < -0.39 is 48.0 Å². The summed E-state index contributed by atoms with van der Waals surface area (Å²) in [4.78, 5) is 0. The van der Waals surface area contributed by atoms with E-state index in [-0.39, 0.29) is 11.3 Å². The van der Waals surface area contributed by atoms with Gasteiger partial charge in [-0.2, -0.15) is 26.3 Å². The quantitative estimate of drug-likeness (QED) is 0.228. The maximum Gasteiger partial charge on any atom is 0.416 e. The summed E-state index contributed by atoms with van der Waals surface area (Å²) in [7, 11) is 0. The lowest BCUT2D eigenvalue weighted by molar-refractivity contribution is -0.202. The van der Waals surface area contributed by atoms with E-state index in [2.05, 4.69) is 5.32 Å². The van der Waals surface area contributed by atoms with E-state index in [1.54, 1.807) is 36.4 Å². The van der Waals surface area contributed by atoms with Crippen LogP contribution in [0.25, 0.3) is 11.3 Å². The second kappa shape index (κ2) is 10.9. The third kappa shape index (κ3) is 6.53. The standard InChI is InChI=1S/C27H20F7NO3/c28-22-10-9-18(26(29,30)31)14-21(22)25(35-15-24(36)27(32,33)34)17-5-2-7-20(13-17)38-19-6-1-4-16(12-19)23-8-3-11-37-23/h1-14,24-25,35-36H,15H2. The normalized spacial score (nSPS) is 13.8. The lowest BCUT2D eigenvalue weighted by Gasteiger charge is -2.24. The highest BCUT2D eigenvalue weighted by molar-refractivity contribution is 5.59. The SMILES string of the molecule is OC(CNC(c1cccc(Oc2cccc(-c3ccco3)c2)c1)c1cc(C(F)(F)F)ccc1F)C(F)(F)F. The van der Waals surface area contributed by atoms with Crippen LogP contribution in [0.2, 0.25) is 0 Å². The lowest BCUT2D eigenvalue weighted by atomic mass is 9.95. The Labute approximate surface area is 212 Å². The maximum atomic E-state index is 14.7. The number of hydrogen-bond donors (Lipinski definition) is 2. The van der Waals surface area contributed by atoms with Crippen molar-refractivity contribution in [3.05, 3.63) is 108 Å². The van der Waals surface area contributed by atoms with Crippen LogP contribution < -0.4 is 10.1 Å². The molecule has 4 rings (SSSR count). The van der Waals surface area contributed by atoms with Crippen molar-refractivity contribution >= 4 is 0 Å². The molecular formula is C27H20F7NO3. The van der Waals surface area contributed by atoms with Crippen LogP contribution in [0.1, 0.15) is 22.7 Å². The number of benzene rings is 3. The Balaban J connectivity index is 1.68. The first-order chi connectivity index (χ1) is 17.9. The summed E-state index contributed by atoms with van der Waals surface area (Å²) in [6.07, 6.45) is -11.1. The van der Waals surface area contributed by atoms with E-state index in [0.29, 0.717) is 35.3 Å². The van der Waals surface area contributed by atoms with Gasteiger partial charge >= 0.3 is 12.4 Å². The first-order valence-corrected chi connectivity index (χ1v) is 11.2. The average molecular weight is 539 g/mol. The molecule has 0 spiro atoms. The topological polar surface area (TPSA) is 54.6 Å². The van der Waals surface area contributed by atoms with Gasteiger partial charge in [0, 0.05) is 17.7 Å². The first kappa shape index (κ1) is 27.2. The number of furan rings is 1. The molecule has 4 aromatic rings. The van der Waals surface area contributed by atoms with Crippen molar-refractivity contribution in [1.82, 2.24) is 5.32 Å². The van der Waals surface area contributed by atoms with E-state index in [1.165, 1.54) is 30.5 Å². The molecular weight excluding hydrogens is 519 g/mol. The van der Waals surface area contributed by atoms with Gasteiger partial charge in [0.15, 0.2) is 6.10 Å². The van der Waals surface area contributed by atoms with Crippen molar-refractivity contribution < 1.29 is 45.0 Å². The number of nitrogens with one attached hydrogen (secondary N) is 1. The number of ether oxygens (including phenoxy) is 1. The zero-order chi connectivity index (χ0) is 27.5. The number of aliphatic hydroxyl groups excluding tert-OH is 1. The molecule has 200 valence electrons. The van der Waals surface area contributed by atoms with Gasteiger partial charge in [0.05, 0.1) is 17.9 Å². The van der Waals surface area contributed by atoms with Crippen molar-refractivity contribution in [1.29, 1.82) is 0 Å². The summed E-state index contributed by atoms with van der Waals surface area (Å²) in [6, 6.07) is 16.2. The van der Waals surface area contributed by atoms with Gasteiger partial charge in [-0.1, -0.05) is 24.3 Å². The Kier molecular flexibility index (Phi) is 7.79. The molecule has 0 amide bonds. The highest BCUT2D eigenvalue weighted by Gasteiger charge is 2.39. The fraction of sp³-hybridized carbons (Fsp3) is 0.185. The minimum Gasteiger partial charge on any atom is -0.464 e. The Morgan fingerprint density at radius 3 is 2.21 bits per heavy atom. The van der Waals surface area contributed by atoms with E-state index in [9.17, 15) is 35.8 Å². The summed E-state index contributed by atoms with van der Waals surface area (Å²) < 4.78 is 105. The molecule has 0 aliphatic heterocycles. The highest BCUT2D eigenvalue weighted by atomic mass is 19.4. The van der Waals surface area contributed by atoms with Gasteiger partial charge in [-0.3, -0.25) is 0 Å². The zero-order valence-electron chi connectivity index (χ0n) is 19.4. The van der Waals surface area contributed by atoms with Crippen LogP contribution in [-0.4, -0.2) is 23.9 Å². The minimum absolute atomic E-state index is 0.109. The average Bonchev–Trinajstić information content (AvgIpc) is 3.39. The fourth-order valence-corrected chi connectivity index (χ4v) is 3.74. The molecule has 11 heteroatoms. The molecule has 1 aromatic heterocycles. The molecule has 0 aliphatic carbocycles. The van der Waals surface area contributed by atoms with Crippen LogP contribution in [0.15, 0.2) is 89.5 Å². The largest absolute Gasteiger partial charge is 0.464 e. The van der Waals surface area contributed by atoms with Crippen LogP contribution in [0.3, 0.4) is 0 Å². The molecule has 0 fully saturated rings. The summed E-state index contributed by atoms with van der Waals surface area (Å²) in [5.74, 6) is 0.0686. The molecule has 2 unspecified atom stereocenters. The number of alkyl halides is 6. The van der Waals surface area contributed by atoms with E-state index in [1.807, 2.05) is 0 Å². The van der Waals surface area contributed by atoms with Crippen molar-refractivity contribution in [2.45, 2.75) is 24.5 Å². The summed E-state index contributed by atoms with van der Waals surface area (Å²) >= 11 is 0. The monoisotopic (exact) mass is 539 g/mol. The van der Waals surface area contributed by atoms with Crippen LogP contribution >= 0.6 is 0 Å². The zero-order valence-corrected chi connectivity index (χ0v) is 19.4. The van der Waals surface area contributed by atoms with Crippen LogP contribution in [0.4, 0.5) is 30.7 Å². The third-order valence-electron chi connectivity index (χ3n) is 5.59. The molecule has 4 nitrogen and oxygen atoms in total. The van der Waals surface area contributed by atoms with Crippen molar-refractivity contribution in [2.24, 2.45) is 0 Å². The molecule has 1 heterocycles. The van der Waals surface area contributed by atoms with Crippen molar-refractivity contribution in [2.75, 3.05) is 6.54 Å². The molecule has 0 aliphatic rings. The Bertz CT molecular complexity index is 1370. The van der Waals surface area contributed by atoms with Crippen molar-refractivity contribution in [3.8, 4) is 22.8 Å². The van der Waals surface area contributed by atoms with Gasteiger partial charge in [-0.05, 0) is 60.2 Å². The number of hydrogen-bond acceptors (Lipinski definition) is 4. The fourth-order valence-electron chi connectivity index (χ4n) is 3.74.